The van der Waals surface area contributed by atoms with Crippen molar-refractivity contribution in [2.45, 2.75) is 84.3 Å². The lowest BCUT2D eigenvalue weighted by molar-refractivity contribution is -0.137. The number of hydrogen-bond donors (Lipinski definition) is 2. The summed E-state index contributed by atoms with van der Waals surface area (Å²) in [5, 5.41) is 22.2. The fourth-order valence-corrected chi connectivity index (χ4v) is 4.70. The van der Waals surface area contributed by atoms with E-state index in [2.05, 4.69) is 30.3 Å². The molecule has 0 radical (unpaired) electrons. The molecule has 1 aromatic rings. The first kappa shape index (κ1) is 26.2. The molecule has 168 valence electrons. The van der Waals surface area contributed by atoms with Gasteiger partial charge < -0.3 is 10.2 Å². The number of carboxylic acids is 1. The highest BCUT2D eigenvalue weighted by Crippen LogP contribution is 2.38. The highest BCUT2D eigenvalue weighted by atomic mass is 32.1. The molecule has 1 saturated carbocycles. The van der Waals surface area contributed by atoms with Gasteiger partial charge in [0.15, 0.2) is 0 Å². The fourth-order valence-electron chi connectivity index (χ4n) is 3.80. The van der Waals surface area contributed by atoms with E-state index in [-0.39, 0.29) is 24.3 Å². The Labute approximate surface area is 184 Å². The van der Waals surface area contributed by atoms with Crippen LogP contribution in [0, 0.1) is 23.7 Å². The zero-order chi connectivity index (χ0) is 22.4. The van der Waals surface area contributed by atoms with E-state index in [0.29, 0.717) is 12.8 Å². The van der Waals surface area contributed by atoms with Crippen molar-refractivity contribution < 1.29 is 15.0 Å². The van der Waals surface area contributed by atoms with Crippen LogP contribution in [-0.2, 0) is 11.2 Å². The molecule has 0 aliphatic heterocycles. The molecule has 30 heavy (non-hydrogen) atoms. The summed E-state index contributed by atoms with van der Waals surface area (Å²) in [5.41, 5.74) is 0. The summed E-state index contributed by atoms with van der Waals surface area (Å²) in [6.07, 6.45) is 13.1. The second-order valence-corrected chi connectivity index (χ2v) is 8.95. The highest BCUT2D eigenvalue weighted by Gasteiger charge is 2.34. The van der Waals surface area contributed by atoms with Crippen LogP contribution in [0.3, 0.4) is 0 Å². The summed E-state index contributed by atoms with van der Waals surface area (Å²) in [6.45, 7) is 6.09. The maximum Gasteiger partial charge on any atom is 0.303 e. The first-order valence-electron chi connectivity index (χ1n) is 11.1. The second-order valence-electron chi connectivity index (χ2n) is 7.57. The quantitative estimate of drug-likeness (QED) is 0.229. The van der Waals surface area contributed by atoms with Crippen LogP contribution in [0.4, 0.5) is 0 Å². The molecule has 1 aliphatic rings. The second kappa shape index (κ2) is 15.1. The van der Waals surface area contributed by atoms with Gasteiger partial charge in [-0.25, -0.2) is 0 Å². The summed E-state index contributed by atoms with van der Waals surface area (Å²) >= 11 is 1.77. The minimum absolute atomic E-state index is 0.164. The van der Waals surface area contributed by atoms with Crippen LogP contribution in [0.25, 0.3) is 0 Å². The van der Waals surface area contributed by atoms with E-state index in [4.69, 9.17) is 5.11 Å². The number of aliphatic hydroxyl groups excluding tert-OH is 1. The molecule has 1 aromatic heterocycles. The van der Waals surface area contributed by atoms with Gasteiger partial charge in [-0.1, -0.05) is 43.3 Å². The van der Waals surface area contributed by atoms with Gasteiger partial charge in [-0.3, -0.25) is 4.79 Å². The van der Waals surface area contributed by atoms with Crippen molar-refractivity contribution in [3.05, 3.63) is 51.1 Å². The largest absolute Gasteiger partial charge is 0.481 e. The van der Waals surface area contributed by atoms with E-state index in [1.165, 1.54) is 9.75 Å². The van der Waals surface area contributed by atoms with E-state index in [1.54, 1.807) is 11.3 Å². The number of hydrogen-bond acceptors (Lipinski definition) is 5. The number of thiophene rings is 1. The molecule has 6 heteroatoms. The van der Waals surface area contributed by atoms with Gasteiger partial charge in [0.1, 0.15) is 0 Å². The molecule has 1 aliphatic carbocycles. The van der Waals surface area contributed by atoms with Crippen molar-refractivity contribution in [3.8, 4) is 0 Å². The number of unbranched alkanes of at least 4 members (excludes halogenated alkanes) is 1. The summed E-state index contributed by atoms with van der Waals surface area (Å²) < 4.78 is 0. The fraction of sp³-hybridized carbons (Fsp3) is 0.625. The molecule has 2 rings (SSSR count). The van der Waals surface area contributed by atoms with Crippen molar-refractivity contribution in [1.82, 2.24) is 0 Å². The van der Waals surface area contributed by atoms with Gasteiger partial charge in [-0.2, -0.15) is 4.91 Å². The molecule has 1 fully saturated rings. The summed E-state index contributed by atoms with van der Waals surface area (Å²) in [4.78, 5) is 24.3. The van der Waals surface area contributed by atoms with Crippen molar-refractivity contribution in [3.63, 3.8) is 0 Å². The van der Waals surface area contributed by atoms with Gasteiger partial charge in [-0.15, -0.1) is 11.3 Å². The van der Waals surface area contributed by atoms with E-state index in [0.717, 1.165) is 32.1 Å². The number of carboxylic acid groups (broad SMARTS) is 1. The predicted octanol–water partition coefficient (Wildman–Crippen LogP) is 6.29. The number of rotatable bonds is 12. The minimum atomic E-state index is -0.771. The molecule has 2 N–H and O–H groups in total. The third kappa shape index (κ3) is 9.81. The Morgan fingerprint density at radius 2 is 2.07 bits per heavy atom. The Kier molecular flexibility index (Phi) is 13.2. The lowest BCUT2D eigenvalue weighted by Crippen LogP contribution is -2.16. The number of aryl methyl sites for hydroxylation is 2. The van der Waals surface area contributed by atoms with Gasteiger partial charge in [0.2, 0.25) is 0 Å². The Morgan fingerprint density at radius 1 is 1.30 bits per heavy atom. The van der Waals surface area contributed by atoms with Gasteiger partial charge >= 0.3 is 5.97 Å². The highest BCUT2D eigenvalue weighted by molar-refractivity contribution is 7.11. The first-order valence-corrected chi connectivity index (χ1v) is 11.9. The summed E-state index contributed by atoms with van der Waals surface area (Å²) in [5.74, 6) is -0.353. The van der Waals surface area contributed by atoms with Crippen molar-refractivity contribution in [2.75, 3.05) is 0 Å². The third-order valence-corrected chi connectivity index (χ3v) is 6.44. The lowest BCUT2D eigenvalue weighted by Gasteiger charge is -2.17. The maximum atomic E-state index is 11.2. The van der Waals surface area contributed by atoms with Crippen LogP contribution in [0.15, 0.2) is 41.6 Å². The van der Waals surface area contributed by atoms with Crippen LogP contribution in [0.1, 0.15) is 68.5 Å². The van der Waals surface area contributed by atoms with E-state index in [1.807, 2.05) is 32.1 Å². The van der Waals surface area contributed by atoms with Gasteiger partial charge in [-0.05, 0) is 75.8 Å². The topological polar surface area (TPSA) is 87.0 Å². The first-order chi connectivity index (χ1) is 14.5. The molecular formula is C24H37NO4S. The predicted molar refractivity (Wildman–Crippen MR) is 125 cm³/mol. The monoisotopic (exact) mass is 435 g/mol. The van der Waals surface area contributed by atoms with Crippen molar-refractivity contribution in [1.29, 1.82) is 0 Å². The van der Waals surface area contributed by atoms with Gasteiger partial charge in [0.25, 0.3) is 0 Å². The lowest BCUT2D eigenvalue weighted by atomic mass is 9.89. The van der Waals surface area contributed by atoms with E-state index in [9.17, 15) is 14.8 Å². The summed E-state index contributed by atoms with van der Waals surface area (Å²) in [7, 11) is 0. The van der Waals surface area contributed by atoms with Crippen molar-refractivity contribution in [2.24, 2.45) is 17.0 Å². The molecular weight excluding hydrogens is 398 g/mol. The number of carbonyl (C=O) groups is 1. The van der Waals surface area contributed by atoms with Gasteiger partial charge in [0, 0.05) is 16.2 Å². The average molecular weight is 436 g/mol. The smallest absolute Gasteiger partial charge is 0.303 e. The number of nitrogens with zero attached hydrogens (tertiary/aromatic N) is 1. The van der Waals surface area contributed by atoms with E-state index >= 15 is 0 Å². The SMILES string of the molecule is CC.Cc1ccc(CC[C@H](O)/C=C/[C@H]2CCC(N=O)[C@@H]2C/C=C\CCCC(=O)O)s1. The molecule has 1 heterocycles. The molecule has 0 bridgehead atoms. The van der Waals surface area contributed by atoms with Gasteiger partial charge in [0.05, 0.1) is 12.1 Å². The Bertz CT molecular complexity index is 683. The standard InChI is InChI=1S/C22H31NO4S.C2H6/c1-16-8-13-19(28-16)14-12-18(24)11-9-17-10-15-21(23-27)20(17)6-4-2-3-5-7-22(25)26;1-2/h2,4,8-9,11,13,17-18,20-21,24H,3,5-7,10,12,14-15H2,1H3,(H,25,26);1-2H3/b4-2-,11-9+;/t17-,18+,20+,21?;/m0./s1. The Morgan fingerprint density at radius 3 is 2.70 bits per heavy atom. The number of aliphatic hydroxyl groups is 1. The van der Waals surface area contributed by atoms with Crippen LogP contribution < -0.4 is 0 Å². The molecule has 4 atom stereocenters. The molecule has 0 amide bonds. The van der Waals surface area contributed by atoms with Crippen LogP contribution in [0.5, 0.6) is 0 Å². The molecule has 0 aromatic carbocycles. The minimum Gasteiger partial charge on any atom is -0.481 e. The molecule has 0 spiro atoms. The van der Waals surface area contributed by atoms with Crippen molar-refractivity contribution >= 4 is 17.3 Å². The maximum absolute atomic E-state index is 11.2. The van der Waals surface area contributed by atoms with Crippen LogP contribution in [-0.4, -0.2) is 28.3 Å². The summed E-state index contributed by atoms with van der Waals surface area (Å²) in [6, 6.07) is 4.05. The van der Waals surface area contributed by atoms with E-state index < -0.39 is 12.1 Å². The Balaban J connectivity index is 0.00000218. The Hall–Kier alpha value is -1.79. The number of allylic oxidation sites excluding steroid dienone is 3. The average Bonchev–Trinajstić information content (AvgIpc) is 3.34. The molecule has 0 saturated heterocycles. The van der Waals surface area contributed by atoms with Crippen LogP contribution >= 0.6 is 11.3 Å². The number of aliphatic carboxylic acids is 1. The third-order valence-electron chi connectivity index (χ3n) is 5.37. The van der Waals surface area contributed by atoms with Crippen LogP contribution in [0.2, 0.25) is 0 Å². The molecule has 1 unspecified atom stereocenters. The normalized spacial score (nSPS) is 22.2. The number of nitroso groups, excluding NO2 is 1. The molecule has 5 nitrogen and oxygen atoms in total. The zero-order valence-electron chi connectivity index (χ0n) is 18.5. The zero-order valence-corrected chi connectivity index (χ0v) is 19.3.